The van der Waals surface area contributed by atoms with Gasteiger partial charge in [0.25, 0.3) is 5.91 Å². The quantitative estimate of drug-likeness (QED) is 0.783. The molecule has 2 heterocycles. The second-order valence-electron chi connectivity index (χ2n) is 7.39. The normalized spacial score (nSPS) is 22.6. The highest BCUT2D eigenvalue weighted by molar-refractivity contribution is 6.65. The van der Waals surface area contributed by atoms with Crippen molar-refractivity contribution in [2.24, 2.45) is 0 Å². The Morgan fingerprint density at radius 2 is 1.83 bits per heavy atom. The van der Waals surface area contributed by atoms with Gasteiger partial charge in [-0.2, -0.15) is 0 Å². The molecular formula is C17H23BClNO4. The molecule has 0 unspecified atom stereocenters. The molecule has 2 saturated heterocycles. The van der Waals surface area contributed by atoms with Crippen LogP contribution in [0, 0.1) is 0 Å². The van der Waals surface area contributed by atoms with E-state index in [0.29, 0.717) is 29.1 Å². The summed E-state index contributed by atoms with van der Waals surface area (Å²) >= 11 is 6.34. The number of methoxy groups -OCH3 is 1. The van der Waals surface area contributed by atoms with Crippen LogP contribution in [-0.2, 0) is 14.0 Å². The van der Waals surface area contributed by atoms with Crippen molar-refractivity contribution >= 4 is 30.1 Å². The molecule has 2 aliphatic heterocycles. The van der Waals surface area contributed by atoms with E-state index in [4.69, 9.17) is 25.6 Å². The minimum Gasteiger partial charge on any atom is -0.399 e. The van der Waals surface area contributed by atoms with Crippen molar-refractivity contribution < 1.29 is 18.8 Å². The molecule has 1 amide bonds. The Balaban J connectivity index is 1.82. The van der Waals surface area contributed by atoms with E-state index in [1.165, 1.54) is 0 Å². The van der Waals surface area contributed by atoms with Crippen molar-refractivity contribution in [3.05, 3.63) is 28.8 Å². The molecule has 0 aliphatic carbocycles. The molecule has 0 atom stereocenters. The lowest BCUT2D eigenvalue weighted by atomic mass is 9.78. The molecule has 0 spiro atoms. The molecule has 5 nitrogen and oxygen atoms in total. The standard InChI is InChI=1S/C17H23BClNO4/c1-16(2)17(3,4)24-18(23-16)13-8-11(6-7-14(13)19)15(21)20-9-12(10-20)22-5/h6-8,12H,9-10H2,1-5H3. The Labute approximate surface area is 148 Å². The summed E-state index contributed by atoms with van der Waals surface area (Å²) in [4.78, 5) is 14.3. The van der Waals surface area contributed by atoms with Gasteiger partial charge < -0.3 is 18.9 Å². The summed E-state index contributed by atoms with van der Waals surface area (Å²) in [5.41, 5.74) is 0.359. The van der Waals surface area contributed by atoms with Crippen LogP contribution in [0.5, 0.6) is 0 Å². The van der Waals surface area contributed by atoms with E-state index in [1.807, 2.05) is 27.7 Å². The summed E-state index contributed by atoms with van der Waals surface area (Å²) in [5, 5.41) is 0.531. The highest BCUT2D eigenvalue weighted by Crippen LogP contribution is 2.37. The summed E-state index contributed by atoms with van der Waals surface area (Å²) < 4.78 is 17.3. The Hall–Kier alpha value is -1.08. The molecule has 24 heavy (non-hydrogen) atoms. The third-order valence-electron chi connectivity index (χ3n) is 5.22. The first kappa shape index (κ1) is 17.7. The zero-order chi connectivity index (χ0) is 17.7. The van der Waals surface area contributed by atoms with E-state index in [9.17, 15) is 4.79 Å². The lowest BCUT2D eigenvalue weighted by Gasteiger charge is -2.38. The van der Waals surface area contributed by atoms with Crippen LogP contribution in [0.15, 0.2) is 18.2 Å². The van der Waals surface area contributed by atoms with Crippen LogP contribution in [0.1, 0.15) is 38.1 Å². The van der Waals surface area contributed by atoms with Crippen molar-refractivity contribution in [3.8, 4) is 0 Å². The number of rotatable bonds is 3. The molecule has 0 aromatic heterocycles. The van der Waals surface area contributed by atoms with Gasteiger partial charge >= 0.3 is 7.12 Å². The Morgan fingerprint density at radius 1 is 1.25 bits per heavy atom. The van der Waals surface area contributed by atoms with Gasteiger partial charge in [-0.05, 0) is 45.9 Å². The number of carbonyl (C=O) groups is 1. The van der Waals surface area contributed by atoms with Crippen LogP contribution in [-0.4, -0.2) is 55.4 Å². The highest BCUT2D eigenvalue weighted by Gasteiger charge is 2.52. The fraction of sp³-hybridized carbons (Fsp3) is 0.588. The van der Waals surface area contributed by atoms with Gasteiger partial charge in [-0.1, -0.05) is 11.6 Å². The maximum Gasteiger partial charge on any atom is 0.496 e. The molecule has 0 saturated carbocycles. The topological polar surface area (TPSA) is 48.0 Å². The van der Waals surface area contributed by atoms with Crippen LogP contribution < -0.4 is 5.46 Å². The number of carbonyl (C=O) groups excluding carboxylic acids is 1. The molecule has 2 fully saturated rings. The van der Waals surface area contributed by atoms with Gasteiger partial charge in [0, 0.05) is 36.2 Å². The predicted octanol–water partition coefficient (Wildman–Crippen LogP) is 2.11. The average molecular weight is 352 g/mol. The number of halogens is 1. The maximum atomic E-state index is 12.6. The molecule has 1 aromatic rings. The Kier molecular flexibility index (Phi) is 4.45. The first-order chi connectivity index (χ1) is 11.1. The third kappa shape index (κ3) is 2.97. The van der Waals surface area contributed by atoms with Crippen LogP contribution in [0.3, 0.4) is 0 Å². The summed E-state index contributed by atoms with van der Waals surface area (Å²) in [7, 11) is 1.07. The van der Waals surface area contributed by atoms with Crippen molar-refractivity contribution in [1.29, 1.82) is 0 Å². The molecule has 130 valence electrons. The maximum absolute atomic E-state index is 12.6. The third-order valence-corrected chi connectivity index (χ3v) is 5.56. The van der Waals surface area contributed by atoms with E-state index >= 15 is 0 Å². The number of hydrogen-bond acceptors (Lipinski definition) is 4. The number of amides is 1. The van der Waals surface area contributed by atoms with Crippen LogP contribution >= 0.6 is 11.6 Å². The van der Waals surface area contributed by atoms with Gasteiger partial charge in [-0.3, -0.25) is 4.79 Å². The van der Waals surface area contributed by atoms with Crippen LogP contribution in [0.25, 0.3) is 0 Å². The summed E-state index contributed by atoms with van der Waals surface area (Å²) in [5.74, 6) is -0.0299. The highest BCUT2D eigenvalue weighted by atomic mass is 35.5. The smallest absolute Gasteiger partial charge is 0.399 e. The van der Waals surface area contributed by atoms with E-state index in [2.05, 4.69) is 0 Å². The predicted molar refractivity (Wildman–Crippen MR) is 93.9 cm³/mol. The van der Waals surface area contributed by atoms with Gasteiger partial charge in [0.2, 0.25) is 0 Å². The van der Waals surface area contributed by atoms with Crippen LogP contribution in [0.4, 0.5) is 0 Å². The SMILES string of the molecule is COC1CN(C(=O)c2ccc(Cl)c(B3OC(C)(C)C(C)(C)O3)c2)C1. The molecule has 0 N–H and O–H groups in total. The minimum absolute atomic E-state index is 0.0299. The number of benzene rings is 1. The van der Waals surface area contributed by atoms with E-state index < -0.39 is 18.3 Å². The van der Waals surface area contributed by atoms with Crippen molar-refractivity contribution in [3.63, 3.8) is 0 Å². The second-order valence-corrected chi connectivity index (χ2v) is 7.80. The molecule has 7 heteroatoms. The zero-order valence-electron chi connectivity index (χ0n) is 14.8. The zero-order valence-corrected chi connectivity index (χ0v) is 15.5. The first-order valence-corrected chi connectivity index (χ1v) is 8.49. The van der Waals surface area contributed by atoms with Crippen molar-refractivity contribution in [2.75, 3.05) is 20.2 Å². The van der Waals surface area contributed by atoms with Crippen LogP contribution in [0.2, 0.25) is 5.02 Å². The van der Waals surface area contributed by atoms with Gasteiger partial charge in [0.1, 0.15) is 0 Å². The lowest BCUT2D eigenvalue weighted by molar-refractivity contribution is -0.0191. The first-order valence-electron chi connectivity index (χ1n) is 8.12. The van der Waals surface area contributed by atoms with Gasteiger partial charge in [-0.15, -0.1) is 0 Å². The molecule has 2 aliphatic rings. The summed E-state index contributed by atoms with van der Waals surface area (Å²) in [6, 6.07) is 5.23. The fourth-order valence-electron chi connectivity index (χ4n) is 2.76. The summed E-state index contributed by atoms with van der Waals surface area (Å²) in [6.45, 7) is 9.18. The second kappa shape index (κ2) is 6.02. The molecule has 0 bridgehead atoms. The molecule has 1 aromatic carbocycles. The number of ether oxygens (including phenoxy) is 1. The Bertz CT molecular complexity index is 642. The summed E-state index contributed by atoms with van der Waals surface area (Å²) in [6.07, 6.45) is 0.129. The van der Waals surface area contributed by atoms with Gasteiger partial charge in [0.15, 0.2) is 0 Å². The van der Waals surface area contributed by atoms with Gasteiger partial charge in [-0.25, -0.2) is 0 Å². The molecule has 0 radical (unpaired) electrons. The van der Waals surface area contributed by atoms with E-state index in [0.717, 1.165) is 0 Å². The van der Waals surface area contributed by atoms with Crippen molar-refractivity contribution in [1.82, 2.24) is 4.90 Å². The number of likely N-dealkylation sites (tertiary alicyclic amines) is 1. The monoisotopic (exact) mass is 351 g/mol. The molecular weight excluding hydrogens is 328 g/mol. The van der Waals surface area contributed by atoms with E-state index in [1.54, 1.807) is 30.2 Å². The minimum atomic E-state index is -0.585. The van der Waals surface area contributed by atoms with Gasteiger partial charge in [0.05, 0.1) is 17.3 Å². The Morgan fingerprint density at radius 3 is 2.38 bits per heavy atom. The lowest BCUT2D eigenvalue weighted by Crippen LogP contribution is -2.54. The average Bonchev–Trinajstić information content (AvgIpc) is 2.66. The number of hydrogen-bond donors (Lipinski definition) is 0. The largest absolute Gasteiger partial charge is 0.496 e. The fourth-order valence-corrected chi connectivity index (χ4v) is 2.97. The molecule has 3 rings (SSSR count). The van der Waals surface area contributed by atoms with Crippen molar-refractivity contribution in [2.45, 2.75) is 45.0 Å². The number of nitrogens with zero attached hydrogens (tertiary/aromatic N) is 1. The van der Waals surface area contributed by atoms with E-state index in [-0.39, 0.29) is 12.0 Å².